The molecule has 4 rings (SSSR count). The minimum absolute atomic E-state index is 0.683. The highest BCUT2D eigenvalue weighted by Gasteiger charge is 2.38. The van der Waals surface area contributed by atoms with Crippen LogP contribution in [0.15, 0.2) is 54.6 Å². The number of rotatable bonds is 1. The first kappa shape index (κ1) is 10.3. The molecule has 18 heavy (non-hydrogen) atoms. The molecule has 2 aliphatic rings. The third-order valence-corrected chi connectivity index (χ3v) is 4.59. The minimum Gasteiger partial charge on any atom is -0.188 e. The van der Waals surface area contributed by atoms with Crippen molar-refractivity contribution in [1.29, 1.82) is 0 Å². The van der Waals surface area contributed by atoms with Crippen molar-refractivity contribution in [3.05, 3.63) is 77.2 Å². The lowest BCUT2D eigenvalue weighted by molar-refractivity contribution is 0.485. The molecule has 90 valence electrons. The van der Waals surface area contributed by atoms with E-state index >= 15 is 0 Å². The minimum atomic E-state index is 0.683. The van der Waals surface area contributed by atoms with Crippen molar-refractivity contribution in [1.82, 2.24) is 0 Å². The summed E-state index contributed by atoms with van der Waals surface area (Å²) in [6.07, 6.45) is 4.04. The van der Waals surface area contributed by atoms with Gasteiger partial charge in [0.05, 0.1) is 0 Å². The van der Waals surface area contributed by atoms with E-state index in [1.807, 2.05) is 0 Å². The molecule has 0 radical (unpaired) electrons. The van der Waals surface area contributed by atoms with Gasteiger partial charge < -0.3 is 0 Å². The van der Waals surface area contributed by atoms with Crippen LogP contribution in [-0.4, -0.2) is 0 Å². The number of fused-ring (bicyclic) bond motifs is 5. The Morgan fingerprint density at radius 1 is 0.722 bits per heavy atom. The van der Waals surface area contributed by atoms with Crippen LogP contribution < -0.4 is 0 Å². The highest BCUT2D eigenvalue weighted by molar-refractivity contribution is 5.55. The van der Waals surface area contributed by atoms with Gasteiger partial charge in [0.25, 0.3) is 0 Å². The van der Waals surface area contributed by atoms with Gasteiger partial charge in [-0.3, -0.25) is 0 Å². The van der Waals surface area contributed by atoms with E-state index < -0.39 is 0 Å². The van der Waals surface area contributed by atoms with Crippen LogP contribution >= 0.6 is 0 Å². The van der Waals surface area contributed by atoms with Crippen LogP contribution in [0.25, 0.3) is 0 Å². The third kappa shape index (κ3) is 1.35. The zero-order valence-electron chi connectivity index (χ0n) is 10.5. The number of benzene rings is 2. The molecule has 1 saturated carbocycles. The van der Waals surface area contributed by atoms with Gasteiger partial charge in [-0.15, -0.1) is 12.1 Å². The van der Waals surface area contributed by atoms with Crippen LogP contribution in [0.5, 0.6) is 0 Å². The Hall–Kier alpha value is -1.69. The summed E-state index contributed by atoms with van der Waals surface area (Å²) in [7, 11) is 0. The second-order valence-electron chi connectivity index (χ2n) is 5.49. The number of hydrogen-bond acceptors (Lipinski definition) is 0. The van der Waals surface area contributed by atoms with Crippen molar-refractivity contribution in [2.45, 2.75) is 31.1 Å². The van der Waals surface area contributed by atoms with E-state index in [1.165, 1.54) is 24.8 Å². The van der Waals surface area contributed by atoms with Gasteiger partial charge in [0.2, 0.25) is 0 Å². The molecule has 2 aliphatic carbocycles. The van der Waals surface area contributed by atoms with Gasteiger partial charge >= 0.3 is 0 Å². The summed E-state index contributed by atoms with van der Waals surface area (Å²) in [5.41, 5.74) is 4.65. The van der Waals surface area contributed by atoms with E-state index in [-0.39, 0.29) is 0 Å². The third-order valence-electron chi connectivity index (χ3n) is 4.59. The predicted octanol–water partition coefficient (Wildman–Crippen LogP) is 4.67. The summed E-state index contributed by atoms with van der Waals surface area (Å²) in [6.45, 7) is 0. The zero-order chi connectivity index (χ0) is 11.9. The summed E-state index contributed by atoms with van der Waals surface area (Å²) in [6, 6.07) is 20.1. The first-order valence-electron chi connectivity index (χ1n) is 6.96. The Labute approximate surface area is 109 Å². The summed E-state index contributed by atoms with van der Waals surface area (Å²) in [5.74, 6) is 3.05. The van der Waals surface area contributed by atoms with Crippen LogP contribution in [0.3, 0.4) is 0 Å². The van der Waals surface area contributed by atoms with Gasteiger partial charge in [-0.25, -0.2) is 0 Å². The van der Waals surface area contributed by atoms with E-state index in [4.69, 9.17) is 0 Å². The van der Waals surface area contributed by atoms with Gasteiger partial charge in [0.15, 0.2) is 0 Å². The van der Waals surface area contributed by atoms with Crippen molar-refractivity contribution >= 4 is 0 Å². The fourth-order valence-electron chi connectivity index (χ4n) is 3.90. The molecular formula is C18H17-. The van der Waals surface area contributed by atoms with Gasteiger partial charge in [-0.05, 0) is 23.0 Å². The molecule has 0 heteroatoms. The second kappa shape index (κ2) is 3.91. The van der Waals surface area contributed by atoms with Crippen molar-refractivity contribution in [2.24, 2.45) is 0 Å². The first-order valence-corrected chi connectivity index (χ1v) is 6.96. The van der Waals surface area contributed by atoms with Crippen molar-refractivity contribution in [2.75, 3.05) is 0 Å². The first-order chi connectivity index (χ1) is 8.95. The van der Waals surface area contributed by atoms with Crippen LogP contribution in [0, 0.1) is 5.92 Å². The molecule has 0 amide bonds. The lowest BCUT2D eigenvalue weighted by Crippen LogP contribution is -2.16. The zero-order valence-corrected chi connectivity index (χ0v) is 10.5. The second-order valence-corrected chi connectivity index (χ2v) is 5.49. The highest BCUT2D eigenvalue weighted by atomic mass is 14.5. The molecular weight excluding hydrogens is 216 g/mol. The molecule has 2 bridgehead atoms. The maximum absolute atomic E-state index is 2.34. The van der Waals surface area contributed by atoms with E-state index in [0.717, 1.165) is 0 Å². The topological polar surface area (TPSA) is 0 Å². The molecule has 0 aliphatic heterocycles. The van der Waals surface area contributed by atoms with Crippen LogP contribution in [0.1, 0.15) is 47.8 Å². The van der Waals surface area contributed by atoms with Crippen molar-refractivity contribution < 1.29 is 0 Å². The average Bonchev–Trinajstić information content (AvgIpc) is 2.65. The molecule has 2 atom stereocenters. The Morgan fingerprint density at radius 3 is 1.89 bits per heavy atom. The van der Waals surface area contributed by atoms with Crippen LogP contribution in [0.2, 0.25) is 0 Å². The van der Waals surface area contributed by atoms with Gasteiger partial charge in [-0.2, -0.15) is 23.6 Å². The van der Waals surface area contributed by atoms with E-state index in [9.17, 15) is 0 Å². The van der Waals surface area contributed by atoms with Gasteiger partial charge in [0.1, 0.15) is 0 Å². The molecule has 2 aromatic carbocycles. The highest BCUT2D eigenvalue weighted by Crippen LogP contribution is 2.58. The average molecular weight is 233 g/mol. The van der Waals surface area contributed by atoms with Crippen molar-refractivity contribution in [3.63, 3.8) is 0 Å². The quantitative estimate of drug-likeness (QED) is 0.628. The molecule has 0 N–H and O–H groups in total. The molecule has 0 aromatic heterocycles. The van der Waals surface area contributed by atoms with E-state index in [2.05, 4.69) is 54.6 Å². The van der Waals surface area contributed by atoms with Gasteiger partial charge in [0, 0.05) is 0 Å². The van der Waals surface area contributed by atoms with Crippen molar-refractivity contribution in [3.8, 4) is 0 Å². The largest absolute Gasteiger partial charge is 0.188 e. The summed E-state index contributed by atoms with van der Waals surface area (Å²) >= 11 is 0. The molecule has 2 aromatic rings. The summed E-state index contributed by atoms with van der Waals surface area (Å²) in [5, 5.41) is 0. The molecule has 0 spiro atoms. The fraction of sp³-hybridized carbons (Fsp3) is 0.278. The standard InChI is InChI=1S/C18H17/c1-2-7-13(8-3-1)18-16-11-6-12-17(18)15-10-5-4-9-14(15)16/h1-5,7-10,16-17H,6,11-12H2/q-1. The summed E-state index contributed by atoms with van der Waals surface area (Å²) < 4.78 is 0. The lowest BCUT2D eigenvalue weighted by Gasteiger charge is -2.38. The Bertz CT molecular complexity index is 524. The summed E-state index contributed by atoms with van der Waals surface area (Å²) in [4.78, 5) is 0. The number of hydrogen-bond donors (Lipinski definition) is 0. The van der Waals surface area contributed by atoms with Gasteiger partial charge in [-0.1, -0.05) is 49.6 Å². The normalized spacial score (nSPS) is 25.0. The maximum Gasteiger partial charge on any atom is -0.0386 e. The Balaban J connectivity index is 1.85. The molecule has 2 unspecified atom stereocenters. The van der Waals surface area contributed by atoms with E-state index in [1.54, 1.807) is 17.0 Å². The van der Waals surface area contributed by atoms with E-state index in [0.29, 0.717) is 11.8 Å². The molecule has 1 fully saturated rings. The fourth-order valence-corrected chi connectivity index (χ4v) is 3.90. The molecule has 0 nitrogen and oxygen atoms in total. The smallest absolute Gasteiger partial charge is 0.0386 e. The Kier molecular flexibility index (Phi) is 2.23. The van der Waals surface area contributed by atoms with Crippen LogP contribution in [-0.2, 0) is 0 Å². The van der Waals surface area contributed by atoms with Crippen LogP contribution in [0.4, 0.5) is 0 Å². The SMILES string of the molecule is c1ccc([C-]2C3CCCC2c2ccccc23)cc1. The Morgan fingerprint density at radius 2 is 1.28 bits per heavy atom. The molecule has 0 heterocycles. The lowest BCUT2D eigenvalue weighted by atomic mass is 9.73. The maximum atomic E-state index is 2.34. The predicted molar refractivity (Wildman–Crippen MR) is 74.6 cm³/mol. The molecule has 0 saturated heterocycles. The monoisotopic (exact) mass is 233 g/mol.